The number of hydrogen-bond acceptors (Lipinski definition) is 7. The molecule has 0 aliphatic heterocycles. The number of rotatable bonds is 6. The van der Waals surface area contributed by atoms with Crippen LogP contribution in [0.2, 0.25) is 0 Å². The van der Waals surface area contributed by atoms with Crippen molar-refractivity contribution in [2.24, 2.45) is 5.73 Å². The molecule has 0 unspecified atom stereocenters. The van der Waals surface area contributed by atoms with Crippen LogP contribution in [0.5, 0.6) is 5.75 Å². The molecule has 0 fully saturated rings. The fourth-order valence-electron chi connectivity index (χ4n) is 3.91. The van der Waals surface area contributed by atoms with Gasteiger partial charge >= 0.3 is 18.1 Å². The van der Waals surface area contributed by atoms with Crippen molar-refractivity contribution in [2.75, 3.05) is 6.54 Å². The molecular weight excluding hydrogens is 501 g/mol. The lowest BCUT2D eigenvalue weighted by Crippen LogP contribution is -2.21. The highest BCUT2D eigenvalue weighted by molar-refractivity contribution is 5.91. The quantitative estimate of drug-likeness (QED) is 0.278. The molecule has 37 heavy (non-hydrogen) atoms. The third kappa shape index (κ3) is 5.86. The number of non-ortho nitro benzene ring substituents is 1. The zero-order chi connectivity index (χ0) is 27.5. The van der Waals surface area contributed by atoms with Gasteiger partial charge in [0.15, 0.2) is 0 Å². The molecule has 11 nitrogen and oxygen atoms in total. The zero-order valence-corrected chi connectivity index (χ0v) is 19.0. The number of aromatic hydroxyl groups is 1. The molecular formula is C23H21F3N4O7. The van der Waals surface area contributed by atoms with Crippen molar-refractivity contribution >= 4 is 17.6 Å². The summed E-state index contributed by atoms with van der Waals surface area (Å²) in [6, 6.07) is 9.34. The summed E-state index contributed by atoms with van der Waals surface area (Å²) in [5.74, 6) is -3.72. The normalized spacial score (nSPS) is 12.1. The first kappa shape index (κ1) is 27.1. The van der Waals surface area contributed by atoms with Crippen LogP contribution < -0.4 is 5.73 Å². The number of aryl methyl sites for hydroxylation is 2. The number of phenols is 1. The van der Waals surface area contributed by atoms with Gasteiger partial charge in [-0.2, -0.15) is 18.3 Å². The van der Waals surface area contributed by atoms with E-state index >= 15 is 0 Å². The van der Waals surface area contributed by atoms with Crippen LogP contribution in [0.4, 0.5) is 18.9 Å². The zero-order valence-electron chi connectivity index (χ0n) is 19.0. The fraction of sp³-hybridized carbons (Fsp3) is 0.261. The molecule has 14 heteroatoms. The SMILES string of the molecule is NCCCn1nc2c(c1C(=O)O)CCc1cc(O)c(-c3ccc([N+](=O)[O-])cc3)cc1-2.O=C(O)C(F)(F)F. The van der Waals surface area contributed by atoms with Crippen molar-refractivity contribution in [1.82, 2.24) is 9.78 Å². The molecule has 1 aliphatic rings. The second-order valence-electron chi connectivity index (χ2n) is 7.98. The van der Waals surface area contributed by atoms with E-state index in [1.54, 1.807) is 24.3 Å². The summed E-state index contributed by atoms with van der Waals surface area (Å²) in [5, 5.41) is 42.8. The maximum atomic E-state index is 11.9. The molecule has 0 saturated carbocycles. The number of aliphatic carboxylic acids is 1. The lowest BCUT2D eigenvalue weighted by Gasteiger charge is -2.18. The molecule has 1 aliphatic carbocycles. The van der Waals surface area contributed by atoms with E-state index in [9.17, 15) is 38.3 Å². The number of aromatic carboxylic acids is 1. The Morgan fingerprint density at radius 1 is 1.11 bits per heavy atom. The summed E-state index contributed by atoms with van der Waals surface area (Å²) in [4.78, 5) is 31.2. The van der Waals surface area contributed by atoms with Crippen LogP contribution in [0.1, 0.15) is 28.0 Å². The van der Waals surface area contributed by atoms with Gasteiger partial charge in [0.2, 0.25) is 0 Å². The molecule has 5 N–H and O–H groups in total. The van der Waals surface area contributed by atoms with E-state index in [0.717, 1.165) is 11.1 Å². The molecule has 4 rings (SSSR count). The van der Waals surface area contributed by atoms with Gasteiger partial charge in [-0.05, 0) is 61.2 Å². The third-order valence-corrected chi connectivity index (χ3v) is 5.58. The van der Waals surface area contributed by atoms with E-state index in [4.69, 9.17) is 15.6 Å². The van der Waals surface area contributed by atoms with E-state index in [-0.39, 0.29) is 17.1 Å². The Bertz CT molecular complexity index is 1350. The van der Waals surface area contributed by atoms with Crippen LogP contribution >= 0.6 is 0 Å². The Morgan fingerprint density at radius 3 is 2.24 bits per heavy atom. The van der Waals surface area contributed by atoms with Crippen LogP contribution in [0.3, 0.4) is 0 Å². The summed E-state index contributed by atoms with van der Waals surface area (Å²) >= 11 is 0. The summed E-state index contributed by atoms with van der Waals surface area (Å²) in [6.45, 7) is 0.839. The molecule has 1 heterocycles. The average Bonchev–Trinajstić information content (AvgIpc) is 3.21. The Morgan fingerprint density at radius 2 is 1.73 bits per heavy atom. The molecule has 0 saturated heterocycles. The number of halogens is 3. The van der Waals surface area contributed by atoms with Crippen LogP contribution in [0, 0.1) is 10.1 Å². The minimum Gasteiger partial charge on any atom is -0.507 e. The number of carboxylic acids is 2. The number of fused-ring (bicyclic) bond motifs is 3. The van der Waals surface area contributed by atoms with Crippen molar-refractivity contribution in [3.63, 3.8) is 0 Å². The van der Waals surface area contributed by atoms with Crippen LogP contribution in [-0.2, 0) is 24.2 Å². The van der Waals surface area contributed by atoms with Gasteiger partial charge < -0.3 is 21.1 Å². The number of nitrogens with two attached hydrogens (primary N) is 1. The van der Waals surface area contributed by atoms with Gasteiger partial charge in [-0.15, -0.1) is 0 Å². The highest BCUT2D eigenvalue weighted by atomic mass is 19.4. The van der Waals surface area contributed by atoms with E-state index in [2.05, 4.69) is 5.10 Å². The fourth-order valence-corrected chi connectivity index (χ4v) is 3.91. The Kier molecular flexibility index (Phi) is 7.81. The Labute approximate surface area is 206 Å². The maximum absolute atomic E-state index is 11.9. The van der Waals surface area contributed by atoms with Gasteiger partial charge in [-0.25, -0.2) is 9.59 Å². The van der Waals surface area contributed by atoms with Crippen LogP contribution in [0.15, 0.2) is 36.4 Å². The highest BCUT2D eigenvalue weighted by Gasteiger charge is 2.38. The van der Waals surface area contributed by atoms with E-state index in [1.165, 1.54) is 16.8 Å². The number of nitrogens with zero attached hydrogens (tertiary/aromatic N) is 3. The Hall–Kier alpha value is -4.46. The molecule has 3 aromatic rings. The van der Waals surface area contributed by atoms with Gasteiger partial charge in [0.1, 0.15) is 11.4 Å². The summed E-state index contributed by atoms with van der Waals surface area (Å²) in [7, 11) is 0. The monoisotopic (exact) mass is 522 g/mol. The predicted molar refractivity (Wildman–Crippen MR) is 123 cm³/mol. The number of aromatic nitrogens is 2. The second-order valence-corrected chi connectivity index (χ2v) is 7.98. The smallest absolute Gasteiger partial charge is 0.490 e. The van der Waals surface area contributed by atoms with Crippen LogP contribution in [-0.4, -0.2) is 54.7 Å². The van der Waals surface area contributed by atoms with Crippen LogP contribution in [0.25, 0.3) is 22.4 Å². The number of phenolic OH excluding ortho intramolecular Hbond substituents is 1. The van der Waals surface area contributed by atoms with Gasteiger partial charge in [-0.3, -0.25) is 14.8 Å². The number of nitro benzene ring substituents is 1. The van der Waals surface area contributed by atoms with Gasteiger partial charge in [0.05, 0.1) is 10.6 Å². The highest BCUT2D eigenvalue weighted by Crippen LogP contribution is 2.41. The number of alkyl halides is 3. The number of carbonyl (C=O) groups is 2. The standard InChI is InChI=1S/C21H20N4O5.C2HF3O2/c22-8-1-9-24-20(21(27)28)15-7-4-13-10-18(26)16(11-17(13)19(15)23-24)12-2-5-14(6-3-12)25(29)30;3-2(4,5)1(6)7/h2-3,5-6,10-11,26H,1,4,7-9,22H2,(H,27,28);(H,6,7). The lowest BCUT2D eigenvalue weighted by atomic mass is 9.86. The molecule has 0 radical (unpaired) electrons. The predicted octanol–water partition coefficient (Wildman–Crippen LogP) is 3.61. The number of benzene rings is 2. The third-order valence-electron chi connectivity index (χ3n) is 5.58. The molecule has 196 valence electrons. The minimum absolute atomic E-state index is 0.0387. The van der Waals surface area contributed by atoms with E-state index < -0.39 is 23.0 Å². The first-order chi connectivity index (χ1) is 17.3. The molecule has 2 aromatic carbocycles. The number of nitro groups is 1. The molecule has 1 aromatic heterocycles. The van der Waals surface area contributed by atoms with Gasteiger partial charge in [0.25, 0.3) is 5.69 Å². The van der Waals surface area contributed by atoms with Crippen molar-refractivity contribution in [2.45, 2.75) is 32.0 Å². The number of carboxylic acid groups (broad SMARTS) is 2. The largest absolute Gasteiger partial charge is 0.507 e. The molecule has 0 spiro atoms. The Balaban J connectivity index is 0.000000479. The van der Waals surface area contributed by atoms with E-state index in [0.29, 0.717) is 54.7 Å². The van der Waals surface area contributed by atoms with Crippen molar-refractivity contribution in [3.05, 3.63) is 63.3 Å². The summed E-state index contributed by atoms with van der Waals surface area (Å²) in [5.41, 5.74) is 9.74. The summed E-state index contributed by atoms with van der Waals surface area (Å²) in [6.07, 6.45) is -3.38. The summed E-state index contributed by atoms with van der Waals surface area (Å²) < 4.78 is 33.2. The van der Waals surface area contributed by atoms with E-state index in [1.807, 2.05) is 0 Å². The lowest BCUT2D eigenvalue weighted by molar-refractivity contribution is -0.384. The van der Waals surface area contributed by atoms with Gasteiger partial charge in [0, 0.05) is 35.4 Å². The molecule has 0 atom stereocenters. The van der Waals surface area contributed by atoms with Crippen molar-refractivity contribution in [1.29, 1.82) is 0 Å². The average molecular weight is 522 g/mol. The number of hydrogen-bond donors (Lipinski definition) is 4. The molecule has 0 bridgehead atoms. The molecule has 0 amide bonds. The first-order valence-corrected chi connectivity index (χ1v) is 10.8. The van der Waals surface area contributed by atoms with Gasteiger partial charge in [-0.1, -0.05) is 0 Å². The first-order valence-electron chi connectivity index (χ1n) is 10.8. The second kappa shape index (κ2) is 10.7. The van der Waals surface area contributed by atoms with Crippen molar-refractivity contribution < 1.29 is 43.0 Å². The maximum Gasteiger partial charge on any atom is 0.490 e. The topological polar surface area (TPSA) is 182 Å². The minimum atomic E-state index is -5.08. The van der Waals surface area contributed by atoms with Crippen molar-refractivity contribution in [3.8, 4) is 28.1 Å².